The molecule has 0 aliphatic rings. The van der Waals surface area contributed by atoms with E-state index in [2.05, 4.69) is 4.98 Å². The van der Waals surface area contributed by atoms with E-state index in [1.165, 1.54) is 6.92 Å². The molecule has 0 saturated carbocycles. The topological polar surface area (TPSA) is 75.1 Å². The molecule has 0 amide bonds. The van der Waals surface area contributed by atoms with Gasteiger partial charge in [0.2, 0.25) is 5.88 Å². The zero-order valence-electron chi connectivity index (χ0n) is 6.00. The monoisotopic (exact) mass is 156 g/mol. The Morgan fingerprint density at radius 1 is 1.82 bits per heavy atom. The number of aromatic hydroxyl groups is 1. The van der Waals surface area contributed by atoms with Crippen LogP contribution in [0.2, 0.25) is 0 Å². The van der Waals surface area contributed by atoms with Crippen molar-refractivity contribution in [1.82, 2.24) is 9.55 Å². The Hall–Kier alpha value is -1.52. The molecule has 5 heteroatoms. The molecule has 0 atom stereocenters. The number of aromatic amines is 1. The van der Waals surface area contributed by atoms with Gasteiger partial charge in [0.05, 0.1) is 12.7 Å². The van der Waals surface area contributed by atoms with Gasteiger partial charge in [-0.3, -0.25) is 9.36 Å². The first-order valence-electron chi connectivity index (χ1n) is 3.08. The third-order valence-electron chi connectivity index (χ3n) is 1.23. The Balaban J connectivity index is 3.01. The van der Waals surface area contributed by atoms with Gasteiger partial charge in [0.25, 0.3) is 0 Å². The highest BCUT2D eigenvalue weighted by Gasteiger charge is 2.04. The normalized spacial score (nSPS) is 9.91. The quantitative estimate of drug-likeness (QED) is 0.604. The van der Waals surface area contributed by atoms with Crippen molar-refractivity contribution in [2.75, 3.05) is 0 Å². The molecule has 0 spiro atoms. The lowest BCUT2D eigenvalue weighted by atomic mass is 10.4. The van der Waals surface area contributed by atoms with E-state index in [9.17, 15) is 9.59 Å². The van der Waals surface area contributed by atoms with Gasteiger partial charge in [0.15, 0.2) is 0 Å². The Morgan fingerprint density at radius 3 is 2.82 bits per heavy atom. The van der Waals surface area contributed by atoms with Crippen LogP contribution in [0.4, 0.5) is 0 Å². The first kappa shape index (κ1) is 7.59. The maximum Gasteiger partial charge on any atom is 0.328 e. The Bertz CT molecular complexity index is 323. The summed E-state index contributed by atoms with van der Waals surface area (Å²) in [5.74, 6) is -0.396. The standard InChI is InChI=1S/C6H8N2O3/c1-4(9)3-8-5(10)2-7-6(8)11/h2,10H,3H2,1H3,(H,7,11). The predicted molar refractivity (Wildman–Crippen MR) is 37.4 cm³/mol. The molecule has 0 bridgehead atoms. The smallest absolute Gasteiger partial charge is 0.328 e. The molecule has 1 aromatic rings. The van der Waals surface area contributed by atoms with Gasteiger partial charge in [0, 0.05) is 0 Å². The number of aromatic nitrogens is 2. The van der Waals surface area contributed by atoms with E-state index in [1.807, 2.05) is 0 Å². The summed E-state index contributed by atoms with van der Waals surface area (Å²) in [5, 5.41) is 8.96. The number of ketones is 1. The van der Waals surface area contributed by atoms with Crippen molar-refractivity contribution in [1.29, 1.82) is 0 Å². The van der Waals surface area contributed by atoms with Crippen LogP contribution in [0.25, 0.3) is 0 Å². The van der Waals surface area contributed by atoms with E-state index in [4.69, 9.17) is 5.11 Å². The molecule has 0 aliphatic heterocycles. The van der Waals surface area contributed by atoms with Gasteiger partial charge in [-0.2, -0.15) is 0 Å². The molecule has 1 heterocycles. The van der Waals surface area contributed by atoms with Crippen LogP contribution < -0.4 is 5.69 Å². The highest BCUT2D eigenvalue weighted by Crippen LogP contribution is 2.01. The number of nitrogens with zero attached hydrogens (tertiary/aromatic N) is 1. The summed E-state index contributed by atoms with van der Waals surface area (Å²) in [7, 11) is 0. The molecule has 0 aromatic carbocycles. The van der Waals surface area contributed by atoms with Crippen LogP contribution in [-0.4, -0.2) is 20.4 Å². The van der Waals surface area contributed by atoms with E-state index < -0.39 is 5.69 Å². The number of H-pyrrole nitrogens is 1. The largest absolute Gasteiger partial charge is 0.493 e. The summed E-state index contributed by atoms with van der Waals surface area (Å²) in [6.07, 6.45) is 1.14. The van der Waals surface area contributed by atoms with Gasteiger partial charge in [-0.25, -0.2) is 4.79 Å². The van der Waals surface area contributed by atoms with E-state index in [0.717, 1.165) is 10.8 Å². The number of nitrogens with one attached hydrogen (secondary N) is 1. The lowest BCUT2D eigenvalue weighted by Crippen LogP contribution is -2.19. The van der Waals surface area contributed by atoms with E-state index in [-0.39, 0.29) is 18.2 Å². The van der Waals surface area contributed by atoms with Crippen molar-refractivity contribution in [3.05, 3.63) is 16.7 Å². The molecular weight excluding hydrogens is 148 g/mol. The van der Waals surface area contributed by atoms with Crippen LogP contribution >= 0.6 is 0 Å². The zero-order chi connectivity index (χ0) is 8.43. The van der Waals surface area contributed by atoms with E-state index in [0.29, 0.717) is 0 Å². The first-order valence-corrected chi connectivity index (χ1v) is 3.08. The third-order valence-corrected chi connectivity index (χ3v) is 1.23. The second kappa shape index (κ2) is 2.61. The minimum absolute atomic E-state index is 0.0891. The van der Waals surface area contributed by atoms with Crippen LogP contribution in [0, 0.1) is 0 Å². The second-order valence-corrected chi connectivity index (χ2v) is 2.24. The summed E-state index contributed by atoms with van der Waals surface area (Å²) in [4.78, 5) is 23.5. The van der Waals surface area contributed by atoms with E-state index in [1.54, 1.807) is 0 Å². The fourth-order valence-electron chi connectivity index (χ4n) is 0.762. The van der Waals surface area contributed by atoms with Gasteiger partial charge < -0.3 is 10.1 Å². The van der Waals surface area contributed by atoms with Crippen LogP contribution in [0.1, 0.15) is 6.92 Å². The predicted octanol–water partition coefficient (Wildman–Crippen LogP) is -0.529. The van der Waals surface area contributed by atoms with Crippen molar-refractivity contribution >= 4 is 5.78 Å². The van der Waals surface area contributed by atoms with Crippen LogP contribution in [0.15, 0.2) is 11.0 Å². The van der Waals surface area contributed by atoms with Crippen molar-refractivity contribution in [3.63, 3.8) is 0 Å². The average molecular weight is 156 g/mol. The molecule has 11 heavy (non-hydrogen) atoms. The number of carbonyl (C=O) groups is 1. The van der Waals surface area contributed by atoms with Crippen molar-refractivity contribution in [3.8, 4) is 5.88 Å². The fourth-order valence-corrected chi connectivity index (χ4v) is 0.762. The molecule has 0 radical (unpaired) electrons. The molecule has 0 aliphatic carbocycles. The van der Waals surface area contributed by atoms with Gasteiger partial charge in [-0.1, -0.05) is 0 Å². The maximum absolute atomic E-state index is 10.8. The Kier molecular flexibility index (Phi) is 1.80. The van der Waals surface area contributed by atoms with Crippen LogP contribution in [0.3, 0.4) is 0 Å². The van der Waals surface area contributed by atoms with Gasteiger partial charge in [-0.15, -0.1) is 0 Å². The number of hydrogen-bond acceptors (Lipinski definition) is 3. The number of Topliss-reactive ketones (excluding diaryl/α,β-unsaturated/α-hetero) is 1. The molecule has 2 N–H and O–H groups in total. The Labute approximate surface area is 62.3 Å². The van der Waals surface area contributed by atoms with E-state index >= 15 is 0 Å². The minimum atomic E-state index is -0.474. The number of imidazole rings is 1. The average Bonchev–Trinajstić information content (AvgIpc) is 2.18. The Morgan fingerprint density at radius 2 is 2.45 bits per heavy atom. The summed E-state index contributed by atoms with van der Waals surface area (Å²) in [6.45, 7) is 1.26. The summed E-state index contributed by atoms with van der Waals surface area (Å²) >= 11 is 0. The molecule has 0 unspecified atom stereocenters. The molecule has 0 saturated heterocycles. The molecule has 1 aromatic heterocycles. The molecule has 0 fully saturated rings. The van der Waals surface area contributed by atoms with Crippen molar-refractivity contribution < 1.29 is 9.90 Å². The van der Waals surface area contributed by atoms with Crippen LogP contribution in [0.5, 0.6) is 5.88 Å². The zero-order valence-corrected chi connectivity index (χ0v) is 6.00. The molecule has 1 rings (SSSR count). The molecular formula is C6H8N2O3. The highest BCUT2D eigenvalue weighted by atomic mass is 16.3. The summed E-state index contributed by atoms with van der Waals surface area (Å²) in [6, 6.07) is 0. The molecule has 60 valence electrons. The minimum Gasteiger partial charge on any atom is -0.493 e. The summed E-state index contributed by atoms with van der Waals surface area (Å²) < 4.78 is 0.961. The van der Waals surface area contributed by atoms with Crippen LogP contribution in [-0.2, 0) is 11.3 Å². The lowest BCUT2D eigenvalue weighted by molar-refractivity contribution is -0.117. The number of carbonyl (C=O) groups excluding carboxylic acids is 1. The van der Waals surface area contributed by atoms with Crippen molar-refractivity contribution in [2.45, 2.75) is 13.5 Å². The SMILES string of the molecule is CC(=O)Cn1c(O)c[nH]c1=O. The van der Waals surface area contributed by atoms with Gasteiger partial charge in [-0.05, 0) is 6.92 Å². The fraction of sp³-hybridized carbons (Fsp3) is 0.333. The molecule has 5 nitrogen and oxygen atoms in total. The second-order valence-electron chi connectivity index (χ2n) is 2.24. The van der Waals surface area contributed by atoms with Gasteiger partial charge in [0.1, 0.15) is 5.78 Å². The first-order chi connectivity index (χ1) is 5.11. The summed E-state index contributed by atoms with van der Waals surface area (Å²) in [5.41, 5.74) is -0.474. The highest BCUT2D eigenvalue weighted by molar-refractivity contribution is 5.75. The number of hydrogen-bond donors (Lipinski definition) is 2. The van der Waals surface area contributed by atoms with Crippen molar-refractivity contribution in [2.24, 2.45) is 0 Å². The lowest BCUT2D eigenvalue weighted by Gasteiger charge is -1.96. The maximum atomic E-state index is 10.8. The van der Waals surface area contributed by atoms with Gasteiger partial charge >= 0.3 is 5.69 Å². The number of rotatable bonds is 2. The third kappa shape index (κ3) is 1.49.